The molecule has 0 saturated carbocycles. The lowest BCUT2D eigenvalue weighted by atomic mass is 9.98. The molecule has 2 atom stereocenters. The van der Waals surface area contributed by atoms with Gasteiger partial charge >= 0.3 is 0 Å². The van der Waals surface area contributed by atoms with Crippen LogP contribution < -0.4 is 5.32 Å². The summed E-state index contributed by atoms with van der Waals surface area (Å²) >= 11 is 0. The maximum atomic E-state index is 12.3. The summed E-state index contributed by atoms with van der Waals surface area (Å²) in [6.45, 7) is 5.13. The first-order valence-electron chi connectivity index (χ1n) is 8.09. The molecule has 130 valence electrons. The lowest BCUT2D eigenvalue weighted by molar-refractivity contribution is -0.122. The van der Waals surface area contributed by atoms with Gasteiger partial charge in [0.2, 0.25) is 15.9 Å². The van der Waals surface area contributed by atoms with E-state index < -0.39 is 10.0 Å². The van der Waals surface area contributed by atoms with E-state index in [1.54, 1.807) is 12.4 Å². The number of carbonyl (C=O) groups is 1. The third-order valence-corrected chi connectivity index (χ3v) is 5.55. The standard InChI is InChI=1S/C15H26N4O3S/c1-4-6-12-9-19(23(3,21)22)10-13(12)17-15(20)11-18-8-7-16-14(18)5-2/h7-8,12-13H,4-6,9-11H2,1-3H3,(H,17,20)/t12-,13-/m0/s1. The van der Waals surface area contributed by atoms with Gasteiger partial charge in [-0.2, -0.15) is 4.31 Å². The van der Waals surface area contributed by atoms with Gasteiger partial charge in [-0.3, -0.25) is 4.79 Å². The summed E-state index contributed by atoms with van der Waals surface area (Å²) in [6.07, 6.45) is 7.34. The Kier molecular flexibility index (Phi) is 5.80. The van der Waals surface area contributed by atoms with Crippen LogP contribution in [0, 0.1) is 5.92 Å². The summed E-state index contributed by atoms with van der Waals surface area (Å²) in [4.78, 5) is 16.5. The van der Waals surface area contributed by atoms with E-state index in [2.05, 4.69) is 17.2 Å². The summed E-state index contributed by atoms with van der Waals surface area (Å²) in [5.41, 5.74) is 0. The fourth-order valence-electron chi connectivity index (χ4n) is 3.13. The van der Waals surface area contributed by atoms with Crippen molar-refractivity contribution in [2.45, 2.75) is 45.7 Å². The molecule has 8 heteroatoms. The van der Waals surface area contributed by atoms with Crippen molar-refractivity contribution in [3.63, 3.8) is 0 Å². The second-order valence-electron chi connectivity index (χ2n) is 6.13. The second kappa shape index (κ2) is 7.44. The molecule has 0 spiro atoms. The maximum Gasteiger partial charge on any atom is 0.240 e. The molecule has 0 radical (unpaired) electrons. The minimum atomic E-state index is -3.22. The molecule has 0 aromatic carbocycles. The zero-order valence-corrected chi connectivity index (χ0v) is 14.8. The molecule has 0 aliphatic carbocycles. The smallest absolute Gasteiger partial charge is 0.240 e. The van der Waals surface area contributed by atoms with E-state index in [9.17, 15) is 13.2 Å². The summed E-state index contributed by atoms with van der Waals surface area (Å²) in [5, 5.41) is 3.01. The van der Waals surface area contributed by atoms with Gasteiger partial charge in [0.1, 0.15) is 12.4 Å². The van der Waals surface area contributed by atoms with E-state index in [-0.39, 0.29) is 24.4 Å². The van der Waals surface area contributed by atoms with Gasteiger partial charge in [0.15, 0.2) is 0 Å². The van der Waals surface area contributed by atoms with Gasteiger partial charge in [-0.15, -0.1) is 0 Å². The first-order chi connectivity index (χ1) is 10.8. The van der Waals surface area contributed by atoms with Crippen LogP contribution in [0.3, 0.4) is 0 Å². The highest BCUT2D eigenvalue weighted by molar-refractivity contribution is 7.88. The molecule has 0 bridgehead atoms. The Hall–Kier alpha value is -1.41. The molecule has 2 rings (SSSR count). The number of nitrogens with zero attached hydrogens (tertiary/aromatic N) is 3. The zero-order valence-electron chi connectivity index (χ0n) is 14.0. The van der Waals surface area contributed by atoms with E-state index in [4.69, 9.17) is 0 Å². The van der Waals surface area contributed by atoms with Crippen LogP contribution in [0.25, 0.3) is 0 Å². The molecule has 0 unspecified atom stereocenters. The number of aromatic nitrogens is 2. The fraction of sp³-hybridized carbons (Fsp3) is 0.733. The van der Waals surface area contributed by atoms with E-state index in [1.165, 1.54) is 10.6 Å². The zero-order chi connectivity index (χ0) is 17.0. The van der Waals surface area contributed by atoms with Crippen LogP contribution in [0.15, 0.2) is 12.4 Å². The highest BCUT2D eigenvalue weighted by Gasteiger charge is 2.37. The van der Waals surface area contributed by atoms with Crippen LogP contribution >= 0.6 is 0 Å². The van der Waals surface area contributed by atoms with Crippen LogP contribution in [-0.4, -0.2) is 53.6 Å². The first kappa shape index (κ1) is 17.9. The van der Waals surface area contributed by atoms with Crippen LogP contribution in [0.2, 0.25) is 0 Å². The number of carbonyl (C=O) groups excluding carboxylic acids is 1. The van der Waals surface area contributed by atoms with Gasteiger partial charge < -0.3 is 9.88 Å². The number of hydrogen-bond donors (Lipinski definition) is 1. The average molecular weight is 342 g/mol. The highest BCUT2D eigenvalue weighted by Crippen LogP contribution is 2.23. The lowest BCUT2D eigenvalue weighted by Crippen LogP contribution is -2.42. The van der Waals surface area contributed by atoms with Crippen molar-refractivity contribution in [3.8, 4) is 0 Å². The van der Waals surface area contributed by atoms with Gasteiger partial charge in [0, 0.05) is 37.9 Å². The molecular weight excluding hydrogens is 316 g/mol. The van der Waals surface area contributed by atoms with E-state index in [1.807, 2.05) is 11.5 Å². The van der Waals surface area contributed by atoms with Gasteiger partial charge in [0.05, 0.1) is 6.26 Å². The molecule has 2 heterocycles. The van der Waals surface area contributed by atoms with Gasteiger partial charge in [-0.05, 0) is 12.3 Å². The molecule has 1 N–H and O–H groups in total. The third-order valence-electron chi connectivity index (χ3n) is 4.31. The van der Waals surface area contributed by atoms with Gasteiger partial charge in [-0.25, -0.2) is 13.4 Å². The van der Waals surface area contributed by atoms with Crippen molar-refractivity contribution in [3.05, 3.63) is 18.2 Å². The summed E-state index contributed by atoms with van der Waals surface area (Å²) in [7, 11) is -3.22. The summed E-state index contributed by atoms with van der Waals surface area (Å²) in [5.74, 6) is 0.945. The Morgan fingerprint density at radius 3 is 2.74 bits per heavy atom. The van der Waals surface area contributed by atoms with Crippen LogP contribution in [0.4, 0.5) is 0 Å². The molecule has 1 aliphatic heterocycles. The molecule has 1 saturated heterocycles. The quantitative estimate of drug-likeness (QED) is 0.787. The number of sulfonamides is 1. The summed E-state index contributed by atoms with van der Waals surface area (Å²) in [6, 6.07) is -0.120. The Bertz CT molecular complexity index is 641. The predicted molar refractivity (Wildman–Crippen MR) is 88.4 cm³/mol. The monoisotopic (exact) mass is 342 g/mol. The minimum Gasteiger partial charge on any atom is -0.350 e. The van der Waals surface area contributed by atoms with Crippen molar-refractivity contribution in [1.29, 1.82) is 0 Å². The highest BCUT2D eigenvalue weighted by atomic mass is 32.2. The average Bonchev–Trinajstić information content (AvgIpc) is 3.06. The SMILES string of the molecule is CCC[C@H]1CN(S(C)(=O)=O)C[C@@H]1NC(=O)Cn1ccnc1CC. The Labute approximate surface area is 138 Å². The Balaban J connectivity index is 2.00. The van der Waals surface area contributed by atoms with Crippen molar-refractivity contribution >= 4 is 15.9 Å². The Morgan fingerprint density at radius 1 is 1.39 bits per heavy atom. The number of hydrogen-bond acceptors (Lipinski definition) is 4. The number of nitrogens with one attached hydrogen (secondary N) is 1. The van der Waals surface area contributed by atoms with Crippen LogP contribution in [0.5, 0.6) is 0 Å². The van der Waals surface area contributed by atoms with Crippen molar-refractivity contribution in [1.82, 2.24) is 19.2 Å². The van der Waals surface area contributed by atoms with E-state index in [0.717, 1.165) is 25.1 Å². The topological polar surface area (TPSA) is 84.3 Å². The van der Waals surface area contributed by atoms with Crippen molar-refractivity contribution in [2.24, 2.45) is 5.92 Å². The lowest BCUT2D eigenvalue weighted by Gasteiger charge is -2.19. The van der Waals surface area contributed by atoms with Gasteiger partial charge in [0.25, 0.3) is 0 Å². The number of imidazole rings is 1. The van der Waals surface area contributed by atoms with E-state index in [0.29, 0.717) is 13.1 Å². The molecule has 1 amide bonds. The third kappa shape index (κ3) is 4.54. The molecule has 23 heavy (non-hydrogen) atoms. The summed E-state index contributed by atoms with van der Waals surface area (Å²) < 4.78 is 26.8. The Morgan fingerprint density at radius 2 is 2.13 bits per heavy atom. The van der Waals surface area contributed by atoms with Crippen LogP contribution in [-0.2, 0) is 27.8 Å². The van der Waals surface area contributed by atoms with Crippen LogP contribution in [0.1, 0.15) is 32.5 Å². The largest absolute Gasteiger partial charge is 0.350 e. The fourth-order valence-corrected chi connectivity index (χ4v) is 4.03. The van der Waals surface area contributed by atoms with Gasteiger partial charge in [-0.1, -0.05) is 20.3 Å². The number of aryl methyl sites for hydroxylation is 1. The number of rotatable bonds is 7. The minimum absolute atomic E-state index is 0.0980. The normalized spacial score (nSPS) is 22.4. The second-order valence-corrected chi connectivity index (χ2v) is 8.11. The molecular formula is C15H26N4O3S. The van der Waals surface area contributed by atoms with Crippen molar-refractivity contribution in [2.75, 3.05) is 19.3 Å². The predicted octanol–water partition coefficient (Wildman–Crippen LogP) is 0.622. The molecule has 1 aromatic heterocycles. The number of amides is 1. The molecule has 7 nitrogen and oxygen atoms in total. The molecule has 1 fully saturated rings. The first-order valence-corrected chi connectivity index (χ1v) is 9.94. The maximum absolute atomic E-state index is 12.3. The van der Waals surface area contributed by atoms with E-state index >= 15 is 0 Å². The van der Waals surface area contributed by atoms with Crippen molar-refractivity contribution < 1.29 is 13.2 Å². The molecule has 1 aromatic rings. The molecule has 1 aliphatic rings.